The van der Waals surface area contributed by atoms with E-state index >= 15 is 0 Å². The number of nitrogens with one attached hydrogen (secondary N) is 1. The first-order valence-electron chi connectivity index (χ1n) is 8.18. The predicted octanol–water partition coefficient (Wildman–Crippen LogP) is 3.69. The maximum Gasteiger partial charge on any atom is 0.220 e. The topological polar surface area (TPSA) is 55.1 Å². The summed E-state index contributed by atoms with van der Waals surface area (Å²) in [5.74, 6) is -1.20. The standard InChI is InChI=1S/C18H26F2N2O/c1-18(2,3)17(13-8-7-12(19)10-14(13)20)22-16(23)9-11-5-4-6-15(11)21/h7-8,10-11,15,17H,4-6,9,21H2,1-3H3,(H,22,23)/t11-,15+,17?/m0/s1. The number of halogens is 2. The average Bonchev–Trinajstić information content (AvgIpc) is 2.81. The summed E-state index contributed by atoms with van der Waals surface area (Å²) in [7, 11) is 0. The highest BCUT2D eigenvalue weighted by molar-refractivity contribution is 5.77. The number of hydrogen-bond donors (Lipinski definition) is 2. The Bertz CT molecular complexity index is 569. The first kappa shape index (κ1) is 17.9. The maximum absolute atomic E-state index is 14.1. The van der Waals surface area contributed by atoms with E-state index in [-0.39, 0.29) is 17.9 Å². The number of amides is 1. The van der Waals surface area contributed by atoms with E-state index in [1.54, 1.807) is 0 Å². The van der Waals surface area contributed by atoms with Gasteiger partial charge in [-0.25, -0.2) is 8.78 Å². The highest BCUT2D eigenvalue weighted by Gasteiger charge is 2.32. The molecule has 3 N–H and O–H groups in total. The molecule has 1 aliphatic carbocycles. The number of nitrogens with two attached hydrogens (primary N) is 1. The minimum atomic E-state index is -0.636. The van der Waals surface area contributed by atoms with Crippen LogP contribution in [-0.4, -0.2) is 11.9 Å². The van der Waals surface area contributed by atoms with Gasteiger partial charge in [-0.1, -0.05) is 33.3 Å². The Morgan fingerprint density at radius 3 is 2.57 bits per heavy atom. The van der Waals surface area contributed by atoms with Gasteiger partial charge in [-0.2, -0.15) is 0 Å². The zero-order valence-electron chi connectivity index (χ0n) is 14.0. The molecule has 5 heteroatoms. The van der Waals surface area contributed by atoms with Gasteiger partial charge >= 0.3 is 0 Å². The van der Waals surface area contributed by atoms with Crippen LogP contribution in [-0.2, 0) is 4.79 Å². The molecule has 0 aromatic heterocycles. The molecule has 0 saturated heterocycles. The number of carbonyl (C=O) groups is 1. The Hall–Kier alpha value is -1.49. The second kappa shape index (κ2) is 6.95. The largest absolute Gasteiger partial charge is 0.349 e. The highest BCUT2D eigenvalue weighted by atomic mass is 19.1. The third-order valence-corrected chi connectivity index (χ3v) is 4.61. The minimum Gasteiger partial charge on any atom is -0.349 e. The van der Waals surface area contributed by atoms with Crippen molar-refractivity contribution in [2.75, 3.05) is 0 Å². The summed E-state index contributed by atoms with van der Waals surface area (Å²) in [6.07, 6.45) is 3.32. The van der Waals surface area contributed by atoms with E-state index in [1.165, 1.54) is 12.1 Å². The zero-order valence-corrected chi connectivity index (χ0v) is 14.0. The van der Waals surface area contributed by atoms with Gasteiger partial charge in [0.1, 0.15) is 11.6 Å². The van der Waals surface area contributed by atoms with Crippen LogP contribution in [0.2, 0.25) is 0 Å². The highest BCUT2D eigenvalue weighted by Crippen LogP contribution is 2.35. The molecular formula is C18H26F2N2O. The summed E-state index contributed by atoms with van der Waals surface area (Å²) in [4.78, 5) is 12.4. The van der Waals surface area contributed by atoms with Crippen molar-refractivity contribution in [3.63, 3.8) is 0 Å². The molecule has 1 aromatic carbocycles. The van der Waals surface area contributed by atoms with Gasteiger partial charge in [0.15, 0.2) is 0 Å². The van der Waals surface area contributed by atoms with E-state index in [0.717, 1.165) is 25.3 Å². The molecule has 3 atom stereocenters. The van der Waals surface area contributed by atoms with E-state index in [4.69, 9.17) is 5.73 Å². The van der Waals surface area contributed by atoms with Crippen molar-refractivity contribution in [2.24, 2.45) is 17.1 Å². The second-order valence-electron chi connectivity index (χ2n) is 7.59. The third-order valence-electron chi connectivity index (χ3n) is 4.61. The van der Waals surface area contributed by atoms with Crippen LogP contribution < -0.4 is 11.1 Å². The third kappa shape index (κ3) is 4.50. The fraction of sp³-hybridized carbons (Fsp3) is 0.611. The van der Waals surface area contributed by atoms with E-state index in [2.05, 4.69) is 5.32 Å². The lowest BCUT2D eigenvalue weighted by Crippen LogP contribution is -2.39. The SMILES string of the molecule is CC(C)(C)C(NC(=O)C[C@@H]1CCC[C@H]1N)c1ccc(F)cc1F. The molecule has 1 amide bonds. The summed E-state index contributed by atoms with van der Waals surface area (Å²) in [6.45, 7) is 5.76. The van der Waals surface area contributed by atoms with Gasteiger partial charge in [0, 0.05) is 24.1 Å². The van der Waals surface area contributed by atoms with Crippen LogP contribution in [0.4, 0.5) is 8.78 Å². The summed E-state index contributed by atoms with van der Waals surface area (Å²) in [6, 6.07) is 3.02. The molecule has 0 aliphatic heterocycles. The molecule has 0 radical (unpaired) electrons. The summed E-state index contributed by atoms with van der Waals surface area (Å²) < 4.78 is 27.3. The van der Waals surface area contributed by atoms with Crippen molar-refractivity contribution in [1.29, 1.82) is 0 Å². The van der Waals surface area contributed by atoms with Gasteiger partial charge in [0.2, 0.25) is 5.91 Å². The summed E-state index contributed by atoms with van der Waals surface area (Å²) >= 11 is 0. The normalized spacial score (nSPS) is 22.9. The van der Waals surface area contributed by atoms with Gasteiger partial charge in [-0.15, -0.1) is 0 Å². The Morgan fingerprint density at radius 1 is 1.35 bits per heavy atom. The lowest BCUT2D eigenvalue weighted by molar-refractivity contribution is -0.123. The van der Waals surface area contributed by atoms with Crippen molar-refractivity contribution < 1.29 is 13.6 Å². The summed E-state index contributed by atoms with van der Waals surface area (Å²) in [5.41, 5.74) is 5.93. The van der Waals surface area contributed by atoms with Crippen molar-refractivity contribution in [2.45, 2.75) is 58.5 Å². The number of rotatable bonds is 4. The van der Waals surface area contributed by atoms with Gasteiger partial charge in [0.25, 0.3) is 0 Å². The summed E-state index contributed by atoms with van der Waals surface area (Å²) in [5, 5.41) is 2.92. The van der Waals surface area contributed by atoms with Crippen molar-refractivity contribution in [1.82, 2.24) is 5.32 Å². The Morgan fingerprint density at radius 2 is 2.04 bits per heavy atom. The molecule has 1 fully saturated rings. The van der Waals surface area contributed by atoms with Gasteiger partial charge < -0.3 is 11.1 Å². The molecule has 0 spiro atoms. The Labute approximate surface area is 136 Å². The van der Waals surface area contributed by atoms with Gasteiger partial charge in [-0.05, 0) is 30.2 Å². The molecule has 0 heterocycles. The van der Waals surface area contributed by atoms with Gasteiger partial charge in [-0.3, -0.25) is 4.79 Å². The van der Waals surface area contributed by atoms with Crippen LogP contribution in [0.3, 0.4) is 0 Å². The number of carbonyl (C=O) groups excluding carboxylic acids is 1. The van der Waals surface area contributed by atoms with Crippen LogP contribution in [0, 0.1) is 23.0 Å². The first-order chi connectivity index (χ1) is 10.7. The lowest BCUT2D eigenvalue weighted by Gasteiger charge is -2.32. The first-order valence-corrected chi connectivity index (χ1v) is 8.18. The van der Waals surface area contributed by atoms with E-state index in [0.29, 0.717) is 12.0 Å². The maximum atomic E-state index is 14.1. The van der Waals surface area contributed by atoms with Crippen LogP contribution >= 0.6 is 0 Å². The Balaban J connectivity index is 2.14. The smallest absolute Gasteiger partial charge is 0.220 e. The molecule has 1 aliphatic rings. The number of hydrogen-bond acceptors (Lipinski definition) is 2. The molecule has 3 nitrogen and oxygen atoms in total. The van der Waals surface area contributed by atoms with Crippen molar-refractivity contribution in [3.8, 4) is 0 Å². The molecule has 1 unspecified atom stereocenters. The van der Waals surface area contributed by atoms with Crippen molar-refractivity contribution >= 4 is 5.91 Å². The molecule has 1 aromatic rings. The van der Waals surface area contributed by atoms with Crippen LogP contribution in [0.25, 0.3) is 0 Å². The molecular weight excluding hydrogens is 298 g/mol. The Kier molecular flexibility index (Phi) is 5.40. The van der Waals surface area contributed by atoms with E-state index < -0.39 is 23.1 Å². The second-order valence-corrected chi connectivity index (χ2v) is 7.59. The molecule has 128 valence electrons. The zero-order chi connectivity index (χ0) is 17.2. The van der Waals surface area contributed by atoms with Crippen molar-refractivity contribution in [3.05, 3.63) is 35.4 Å². The molecule has 23 heavy (non-hydrogen) atoms. The molecule has 2 rings (SSSR count). The molecule has 1 saturated carbocycles. The molecule has 0 bridgehead atoms. The van der Waals surface area contributed by atoms with E-state index in [1.807, 2.05) is 20.8 Å². The van der Waals surface area contributed by atoms with E-state index in [9.17, 15) is 13.6 Å². The minimum absolute atomic E-state index is 0.0661. The van der Waals surface area contributed by atoms with Crippen LogP contribution in [0.15, 0.2) is 18.2 Å². The average molecular weight is 324 g/mol. The number of benzene rings is 1. The van der Waals surface area contributed by atoms with Gasteiger partial charge in [0.05, 0.1) is 6.04 Å². The van der Waals surface area contributed by atoms with Crippen LogP contribution in [0.1, 0.15) is 58.1 Å². The lowest BCUT2D eigenvalue weighted by atomic mass is 9.82. The fourth-order valence-corrected chi connectivity index (χ4v) is 3.27. The predicted molar refractivity (Wildman–Crippen MR) is 86.6 cm³/mol. The fourth-order valence-electron chi connectivity index (χ4n) is 3.27. The quantitative estimate of drug-likeness (QED) is 0.887. The van der Waals surface area contributed by atoms with Crippen LogP contribution in [0.5, 0.6) is 0 Å². The monoisotopic (exact) mass is 324 g/mol.